The van der Waals surface area contributed by atoms with E-state index in [-0.39, 0.29) is 11.4 Å². The Balaban J connectivity index is 1.99. The topological polar surface area (TPSA) is 76.1 Å². The normalized spacial score (nSPS) is 20.2. The number of carboxylic acids is 1. The Labute approximate surface area is 174 Å². The van der Waals surface area contributed by atoms with Crippen LogP contribution in [0.5, 0.6) is 0 Å². The zero-order chi connectivity index (χ0) is 20.7. The van der Waals surface area contributed by atoms with Crippen molar-refractivity contribution in [3.8, 4) is 0 Å². The number of piperidine rings is 1. The fourth-order valence-corrected chi connectivity index (χ4v) is 4.35. The van der Waals surface area contributed by atoms with Gasteiger partial charge in [-0.25, -0.2) is 9.59 Å². The van der Waals surface area contributed by atoms with Gasteiger partial charge in [-0.2, -0.15) is 0 Å². The Bertz CT molecular complexity index is 724. The smallest absolute Gasteiger partial charge is 0.478 e. The molecule has 0 saturated carbocycles. The molecule has 1 saturated heterocycles. The van der Waals surface area contributed by atoms with E-state index >= 15 is 0 Å². The quantitative estimate of drug-likeness (QED) is 0.388. The largest absolute Gasteiger partial charge is 0.509 e. The molecule has 1 aromatic rings. The van der Waals surface area contributed by atoms with Crippen LogP contribution in [0.1, 0.15) is 32.8 Å². The molecule has 1 fully saturated rings. The molecule has 1 aliphatic heterocycles. The molecule has 0 bridgehead atoms. The minimum atomic E-state index is -0.979. The van der Waals surface area contributed by atoms with Crippen molar-refractivity contribution < 1.29 is 24.2 Å². The van der Waals surface area contributed by atoms with Crippen molar-refractivity contribution in [2.45, 2.75) is 50.5 Å². The van der Waals surface area contributed by atoms with Gasteiger partial charge in [0.2, 0.25) is 0 Å². The summed E-state index contributed by atoms with van der Waals surface area (Å²) in [5, 5.41) is 9.91. The molecule has 1 aromatic carbocycles. The molecule has 0 spiro atoms. The van der Waals surface area contributed by atoms with Gasteiger partial charge in [0.15, 0.2) is 0 Å². The molecule has 2 rings (SSSR count). The molecular weight excluding hydrogens is 402 g/mol. The first-order valence-electron chi connectivity index (χ1n) is 9.16. The maximum atomic E-state index is 11.7. The Morgan fingerprint density at radius 2 is 2.04 bits per heavy atom. The van der Waals surface area contributed by atoms with Gasteiger partial charge in [-0.15, -0.1) is 11.8 Å². The monoisotopic (exact) mass is 427 g/mol. The number of halogens is 1. The first-order valence-corrected chi connectivity index (χ1v) is 10.5. The summed E-state index contributed by atoms with van der Waals surface area (Å²) in [7, 11) is 0. The number of likely N-dealkylation sites (tertiary alicyclic amines) is 1. The zero-order valence-corrected chi connectivity index (χ0v) is 17.8. The third kappa shape index (κ3) is 7.37. The lowest BCUT2D eigenvalue weighted by molar-refractivity contribution is -0.131. The van der Waals surface area contributed by atoms with Crippen LogP contribution in [0.2, 0.25) is 5.02 Å². The molecule has 0 aromatic heterocycles. The molecule has 1 aliphatic rings. The van der Waals surface area contributed by atoms with Crippen molar-refractivity contribution in [3.05, 3.63) is 46.5 Å². The average Bonchev–Trinajstić information content (AvgIpc) is 2.58. The van der Waals surface area contributed by atoms with Gasteiger partial charge in [-0.05, 0) is 44.4 Å². The third-order valence-corrected chi connectivity index (χ3v) is 5.85. The van der Waals surface area contributed by atoms with Crippen LogP contribution in [0.4, 0.5) is 4.79 Å². The number of thioether (sulfide) groups is 1. The van der Waals surface area contributed by atoms with Gasteiger partial charge >= 0.3 is 12.1 Å². The van der Waals surface area contributed by atoms with Gasteiger partial charge in [0.25, 0.3) is 0 Å². The summed E-state index contributed by atoms with van der Waals surface area (Å²) in [5.41, 5.74) is 1.37. The molecule has 0 radical (unpaired) electrons. The van der Waals surface area contributed by atoms with Gasteiger partial charge in [-0.3, -0.25) is 4.90 Å². The highest BCUT2D eigenvalue weighted by atomic mass is 35.5. The predicted octanol–water partition coefficient (Wildman–Crippen LogP) is 4.57. The lowest BCUT2D eigenvalue weighted by Crippen LogP contribution is -2.37. The second-order valence-corrected chi connectivity index (χ2v) is 8.79. The number of aliphatic carboxylic acids is 1. The van der Waals surface area contributed by atoms with Crippen LogP contribution in [0.3, 0.4) is 0 Å². The van der Waals surface area contributed by atoms with Crippen LogP contribution in [0.25, 0.3) is 0 Å². The number of carbonyl (C=O) groups excluding carboxylic acids is 1. The third-order valence-electron chi connectivity index (χ3n) is 4.14. The van der Waals surface area contributed by atoms with E-state index in [0.29, 0.717) is 18.1 Å². The summed E-state index contributed by atoms with van der Waals surface area (Å²) in [6, 6.07) is 7.64. The molecule has 0 aliphatic carbocycles. The number of hydrogen-bond donors (Lipinski definition) is 1. The van der Waals surface area contributed by atoms with E-state index < -0.39 is 17.6 Å². The second kappa shape index (κ2) is 10.7. The molecule has 8 heteroatoms. The SMILES string of the molecule is CC(C)OC(=O)OC(C)SC1CCN(Cc2ccccc2Cl)C/C1=C/C(=O)O. The maximum Gasteiger partial charge on any atom is 0.509 e. The number of benzene rings is 1. The van der Waals surface area contributed by atoms with E-state index in [9.17, 15) is 14.7 Å². The number of nitrogens with zero attached hydrogens (tertiary/aromatic N) is 1. The van der Waals surface area contributed by atoms with E-state index in [1.165, 1.54) is 17.8 Å². The Hall–Kier alpha value is -1.70. The van der Waals surface area contributed by atoms with Crippen LogP contribution in [0.15, 0.2) is 35.9 Å². The summed E-state index contributed by atoms with van der Waals surface area (Å²) in [6.07, 6.45) is 1.05. The van der Waals surface area contributed by atoms with Crippen LogP contribution < -0.4 is 0 Å². The molecule has 2 atom stereocenters. The molecule has 1 heterocycles. The molecule has 1 N–H and O–H groups in total. The van der Waals surface area contributed by atoms with Crippen molar-refractivity contribution >= 4 is 35.5 Å². The van der Waals surface area contributed by atoms with Crippen LogP contribution >= 0.6 is 23.4 Å². The molecule has 2 unspecified atom stereocenters. The van der Waals surface area contributed by atoms with Crippen LogP contribution in [-0.2, 0) is 20.8 Å². The summed E-state index contributed by atoms with van der Waals surface area (Å²) < 4.78 is 10.2. The van der Waals surface area contributed by atoms with Gasteiger partial charge < -0.3 is 14.6 Å². The highest BCUT2D eigenvalue weighted by Crippen LogP contribution is 2.32. The van der Waals surface area contributed by atoms with Crippen molar-refractivity contribution in [3.63, 3.8) is 0 Å². The zero-order valence-electron chi connectivity index (χ0n) is 16.3. The van der Waals surface area contributed by atoms with E-state index in [0.717, 1.165) is 24.1 Å². The Morgan fingerprint density at radius 3 is 2.68 bits per heavy atom. The van der Waals surface area contributed by atoms with Gasteiger partial charge in [0.05, 0.1) is 6.10 Å². The van der Waals surface area contributed by atoms with Gasteiger partial charge in [0, 0.05) is 36.0 Å². The highest BCUT2D eigenvalue weighted by molar-refractivity contribution is 8.00. The summed E-state index contributed by atoms with van der Waals surface area (Å²) in [6.45, 7) is 7.24. The summed E-state index contributed by atoms with van der Waals surface area (Å²) >= 11 is 7.68. The molecule has 28 heavy (non-hydrogen) atoms. The first-order chi connectivity index (χ1) is 13.2. The van der Waals surface area contributed by atoms with Gasteiger partial charge in [0.1, 0.15) is 5.44 Å². The highest BCUT2D eigenvalue weighted by Gasteiger charge is 2.28. The lowest BCUT2D eigenvalue weighted by atomic mass is 10.0. The molecular formula is C20H26ClNO5S. The van der Waals surface area contributed by atoms with Crippen molar-refractivity contribution in [1.29, 1.82) is 0 Å². The number of rotatable bonds is 7. The minimum absolute atomic E-state index is 0.0413. The number of carbonyl (C=O) groups is 2. The van der Waals surface area contributed by atoms with E-state index in [4.69, 9.17) is 21.1 Å². The summed E-state index contributed by atoms with van der Waals surface area (Å²) in [4.78, 5) is 25.1. The minimum Gasteiger partial charge on any atom is -0.478 e. The van der Waals surface area contributed by atoms with Crippen molar-refractivity contribution in [1.82, 2.24) is 4.90 Å². The molecule has 154 valence electrons. The number of carboxylic acid groups (broad SMARTS) is 1. The number of hydrogen-bond acceptors (Lipinski definition) is 6. The lowest BCUT2D eigenvalue weighted by Gasteiger charge is -2.35. The van der Waals surface area contributed by atoms with E-state index in [1.54, 1.807) is 20.8 Å². The number of ether oxygens (including phenoxy) is 2. The molecule has 0 amide bonds. The second-order valence-electron chi connectivity index (χ2n) is 6.88. The van der Waals surface area contributed by atoms with E-state index in [1.807, 2.05) is 24.3 Å². The van der Waals surface area contributed by atoms with Gasteiger partial charge in [-0.1, -0.05) is 29.8 Å². The van der Waals surface area contributed by atoms with Crippen LogP contribution in [-0.4, -0.2) is 52.0 Å². The molecule has 6 nitrogen and oxygen atoms in total. The standard InChI is InChI=1S/C20H26ClNO5S/c1-13(2)26-20(25)27-14(3)28-18-8-9-22(12-16(18)10-19(23)24)11-15-6-4-5-7-17(15)21/h4-7,10,13-14,18H,8-9,11-12H2,1-3H3,(H,23,24)/b16-10-. The fraction of sp³-hybridized carbons (Fsp3) is 0.500. The van der Waals surface area contributed by atoms with E-state index in [2.05, 4.69) is 4.90 Å². The first kappa shape index (κ1) is 22.6. The Morgan fingerprint density at radius 1 is 1.32 bits per heavy atom. The fourth-order valence-electron chi connectivity index (χ4n) is 2.99. The maximum absolute atomic E-state index is 11.7. The average molecular weight is 428 g/mol. The van der Waals surface area contributed by atoms with Crippen LogP contribution in [0, 0.1) is 0 Å². The Kier molecular flexibility index (Phi) is 8.66. The summed E-state index contributed by atoms with van der Waals surface area (Å²) in [5.74, 6) is -0.979. The van der Waals surface area contributed by atoms with Crippen molar-refractivity contribution in [2.75, 3.05) is 13.1 Å². The van der Waals surface area contributed by atoms with Crippen molar-refractivity contribution in [2.24, 2.45) is 0 Å². The predicted molar refractivity (Wildman–Crippen MR) is 111 cm³/mol.